The summed E-state index contributed by atoms with van der Waals surface area (Å²) in [4.78, 5) is 2.49. The number of fused-ring (bicyclic) bond motifs is 1. The molecule has 110 valence electrons. The number of nitrogens with one attached hydrogen (secondary N) is 1. The molecule has 2 fully saturated rings. The molecule has 3 rings (SSSR count). The fraction of sp³-hybridized carbons (Fsp3) is 0.600. The van der Waals surface area contributed by atoms with E-state index in [-0.39, 0.29) is 11.6 Å². The summed E-state index contributed by atoms with van der Waals surface area (Å²) in [5.74, 6) is 0. The van der Waals surface area contributed by atoms with Crippen LogP contribution in [-0.2, 0) is 0 Å². The number of hydrogen-bond donors (Lipinski definition) is 2. The molecule has 2 aliphatic rings. The van der Waals surface area contributed by atoms with Gasteiger partial charge >= 0.3 is 0 Å². The van der Waals surface area contributed by atoms with Crippen molar-refractivity contribution >= 4 is 11.4 Å². The summed E-state index contributed by atoms with van der Waals surface area (Å²) < 4.78 is 26.2. The fourth-order valence-corrected chi connectivity index (χ4v) is 3.51. The molecule has 3 nitrogen and oxygen atoms in total. The third kappa shape index (κ3) is 2.59. The van der Waals surface area contributed by atoms with E-state index in [4.69, 9.17) is 5.73 Å². The van der Waals surface area contributed by atoms with Gasteiger partial charge in [-0.2, -0.15) is 0 Å². The maximum Gasteiger partial charge on any atom is 0.265 e. The van der Waals surface area contributed by atoms with Crippen LogP contribution in [-0.4, -0.2) is 30.1 Å². The van der Waals surface area contributed by atoms with Crippen LogP contribution < -0.4 is 11.1 Å². The molecule has 2 unspecified atom stereocenters. The van der Waals surface area contributed by atoms with Crippen molar-refractivity contribution in [2.75, 3.05) is 24.1 Å². The van der Waals surface area contributed by atoms with Gasteiger partial charge in [0.1, 0.15) is 0 Å². The minimum Gasteiger partial charge on any atom is -0.399 e. The van der Waals surface area contributed by atoms with Crippen molar-refractivity contribution in [3.05, 3.63) is 23.8 Å². The maximum absolute atomic E-state index is 13.1. The summed E-state index contributed by atoms with van der Waals surface area (Å²) in [5, 5.41) is 3.34. The molecule has 0 radical (unpaired) electrons. The summed E-state index contributed by atoms with van der Waals surface area (Å²) in [5.41, 5.74) is 6.54. The van der Waals surface area contributed by atoms with Gasteiger partial charge in [0.15, 0.2) is 0 Å². The Morgan fingerprint density at radius 3 is 2.85 bits per heavy atom. The van der Waals surface area contributed by atoms with Crippen LogP contribution in [0.25, 0.3) is 0 Å². The summed E-state index contributed by atoms with van der Waals surface area (Å²) in [6.45, 7) is 2.22. The zero-order valence-electron chi connectivity index (χ0n) is 11.5. The molecule has 0 saturated carbocycles. The summed E-state index contributed by atoms with van der Waals surface area (Å²) in [6.07, 6.45) is 2.19. The number of rotatable bonds is 3. The van der Waals surface area contributed by atoms with Gasteiger partial charge in [-0.1, -0.05) is 6.42 Å². The molecule has 2 heterocycles. The van der Waals surface area contributed by atoms with Gasteiger partial charge in [0.05, 0.1) is 0 Å². The maximum atomic E-state index is 13.1. The van der Waals surface area contributed by atoms with Gasteiger partial charge in [0, 0.05) is 35.6 Å². The zero-order chi connectivity index (χ0) is 14.1. The van der Waals surface area contributed by atoms with Gasteiger partial charge < -0.3 is 11.1 Å². The first kappa shape index (κ1) is 13.6. The van der Waals surface area contributed by atoms with Gasteiger partial charge in [0.2, 0.25) is 0 Å². The van der Waals surface area contributed by atoms with E-state index < -0.39 is 6.43 Å². The monoisotopic (exact) mass is 281 g/mol. The molecule has 2 atom stereocenters. The lowest BCUT2D eigenvalue weighted by atomic mass is 9.98. The second-order valence-electron chi connectivity index (χ2n) is 5.79. The predicted molar refractivity (Wildman–Crippen MR) is 77.1 cm³/mol. The fourth-order valence-electron chi connectivity index (χ4n) is 3.51. The second-order valence-corrected chi connectivity index (χ2v) is 5.79. The first-order valence-electron chi connectivity index (χ1n) is 7.33. The Bertz CT molecular complexity index is 478. The molecule has 3 N–H and O–H groups in total. The molecule has 0 aromatic heterocycles. The molecule has 5 heteroatoms. The molecule has 1 aromatic rings. The van der Waals surface area contributed by atoms with Crippen LogP contribution in [0.1, 0.15) is 37.7 Å². The normalized spacial score (nSPS) is 26.8. The predicted octanol–water partition coefficient (Wildman–Crippen LogP) is 3.25. The minimum absolute atomic E-state index is 0.0132. The molecule has 20 heavy (non-hydrogen) atoms. The lowest BCUT2D eigenvalue weighted by molar-refractivity contribution is 0.152. The van der Waals surface area contributed by atoms with Crippen LogP contribution in [0.15, 0.2) is 18.2 Å². The molecule has 0 spiro atoms. The standard InChI is InChI=1S/C15H21F2N3/c16-15(17)11-9-10(18)4-5-12(11)19-13-6-8-20-7-2-1-3-14(13)20/h4-5,9,13-15,19H,1-3,6-8,18H2. The van der Waals surface area contributed by atoms with Crippen LogP contribution >= 0.6 is 0 Å². The van der Waals surface area contributed by atoms with Crippen LogP contribution in [0.5, 0.6) is 0 Å². The molecular weight excluding hydrogens is 260 g/mol. The van der Waals surface area contributed by atoms with Crippen LogP contribution in [0, 0.1) is 0 Å². The van der Waals surface area contributed by atoms with E-state index >= 15 is 0 Å². The third-order valence-corrected chi connectivity index (χ3v) is 4.51. The number of hydrogen-bond acceptors (Lipinski definition) is 3. The van der Waals surface area contributed by atoms with E-state index in [0.717, 1.165) is 25.9 Å². The van der Waals surface area contributed by atoms with E-state index in [0.29, 0.717) is 17.4 Å². The van der Waals surface area contributed by atoms with Gasteiger partial charge in [-0.15, -0.1) is 0 Å². The molecule has 2 aliphatic heterocycles. The quantitative estimate of drug-likeness (QED) is 0.836. The first-order valence-corrected chi connectivity index (χ1v) is 7.33. The summed E-state index contributed by atoms with van der Waals surface area (Å²) in [6, 6.07) is 5.51. The van der Waals surface area contributed by atoms with Gasteiger partial charge in [-0.3, -0.25) is 4.90 Å². The van der Waals surface area contributed by atoms with Crippen molar-refractivity contribution in [1.82, 2.24) is 4.90 Å². The van der Waals surface area contributed by atoms with E-state index in [9.17, 15) is 8.78 Å². The number of nitrogen functional groups attached to an aromatic ring is 1. The van der Waals surface area contributed by atoms with Crippen molar-refractivity contribution in [3.8, 4) is 0 Å². The Kier molecular flexibility index (Phi) is 3.78. The Morgan fingerprint density at radius 1 is 1.20 bits per heavy atom. The number of nitrogens with zero attached hydrogens (tertiary/aromatic N) is 1. The highest BCUT2D eigenvalue weighted by Gasteiger charge is 2.35. The molecule has 0 bridgehead atoms. The van der Waals surface area contributed by atoms with Crippen LogP contribution in [0.2, 0.25) is 0 Å². The van der Waals surface area contributed by atoms with Gasteiger partial charge in [-0.05, 0) is 44.0 Å². The lowest BCUT2D eigenvalue weighted by Crippen LogP contribution is -2.41. The molecule has 0 aliphatic carbocycles. The van der Waals surface area contributed by atoms with Crippen molar-refractivity contribution in [2.45, 2.75) is 44.2 Å². The molecule has 2 saturated heterocycles. The Morgan fingerprint density at radius 2 is 2.05 bits per heavy atom. The number of benzene rings is 1. The Hall–Kier alpha value is -1.36. The third-order valence-electron chi connectivity index (χ3n) is 4.51. The highest BCUT2D eigenvalue weighted by Crippen LogP contribution is 2.33. The second kappa shape index (κ2) is 5.56. The van der Waals surface area contributed by atoms with Crippen molar-refractivity contribution < 1.29 is 8.78 Å². The van der Waals surface area contributed by atoms with Crippen molar-refractivity contribution in [2.24, 2.45) is 0 Å². The number of piperidine rings is 1. The van der Waals surface area contributed by atoms with Crippen LogP contribution in [0.3, 0.4) is 0 Å². The van der Waals surface area contributed by atoms with E-state index in [1.807, 2.05) is 0 Å². The highest BCUT2D eigenvalue weighted by atomic mass is 19.3. The van der Waals surface area contributed by atoms with Gasteiger partial charge in [0.25, 0.3) is 6.43 Å². The Balaban J connectivity index is 1.77. The summed E-state index contributed by atoms with van der Waals surface area (Å²) >= 11 is 0. The Labute approximate surface area is 118 Å². The number of nitrogens with two attached hydrogens (primary N) is 1. The smallest absolute Gasteiger partial charge is 0.265 e. The highest BCUT2D eigenvalue weighted by molar-refractivity contribution is 5.59. The molecule has 1 aromatic carbocycles. The van der Waals surface area contributed by atoms with Crippen molar-refractivity contribution in [1.29, 1.82) is 0 Å². The molecule has 0 amide bonds. The number of halogens is 2. The average molecular weight is 281 g/mol. The SMILES string of the molecule is Nc1ccc(NC2CCN3CCCCC23)c(C(F)F)c1. The number of anilines is 2. The molecular formula is C15H21F2N3. The van der Waals surface area contributed by atoms with Crippen molar-refractivity contribution in [3.63, 3.8) is 0 Å². The van der Waals surface area contributed by atoms with E-state index in [1.165, 1.54) is 18.9 Å². The van der Waals surface area contributed by atoms with E-state index in [2.05, 4.69) is 10.2 Å². The topological polar surface area (TPSA) is 41.3 Å². The van der Waals surface area contributed by atoms with E-state index in [1.54, 1.807) is 12.1 Å². The van der Waals surface area contributed by atoms with Gasteiger partial charge in [-0.25, -0.2) is 8.78 Å². The first-order chi connectivity index (χ1) is 9.65. The number of alkyl halides is 2. The average Bonchev–Trinajstić information content (AvgIpc) is 2.84. The lowest BCUT2D eigenvalue weighted by Gasteiger charge is -2.33. The largest absolute Gasteiger partial charge is 0.399 e. The summed E-state index contributed by atoms with van der Waals surface area (Å²) in [7, 11) is 0. The zero-order valence-corrected chi connectivity index (χ0v) is 11.5. The van der Waals surface area contributed by atoms with Crippen LogP contribution in [0.4, 0.5) is 20.2 Å². The minimum atomic E-state index is -2.50.